The second-order valence-electron chi connectivity index (χ2n) is 6.26. The predicted octanol–water partition coefficient (Wildman–Crippen LogP) is 3.78. The number of carbonyl (C=O) groups is 1. The van der Waals surface area contributed by atoms with Crippen molar-refractivity contribution >= 4 is 34.9 Å². The lowest BCUT2D eigenvalue weighted by atomic mass is 10.2. The molecule has 1 saturated heterocycles. The smallest absolute Gasteiger partial charge is 0.246 e. The molecular weight excluding hydrogens is 384 g/mol. The molecule has 0 radical (unpaired) electrons. The maximum absolute atomic E-state index is 12.5. The van der Waals surface area contributed by atoms with Crippen LogP contribution in [0.15, 0.2) is 36.4 Å². The van der Waals surface area contributed by atoms with Crippen molar-refractivity contribution < 1.29 is 14.3 Å². The molecule has 1 aliphatic heterocycles. The van der Waals surface area contributed by atoms with Crippen LogP contribution in [0.1, 0.15) is 10.4 Å². The van der Waals surface area contributed by atoms with E-state index in [1.807, 2.05) is 35.2 Å². The van der Waals surface area contributed by atoms with E-state index in [4.69, 9.17) is 21.1 Å². The van der Waals surface area contributed by atoms with Crippen molar-refractivity contribution in [3.05, 3.63) is 51.2 Å². The molecule has 0 saturated carbocycles. The summed E-state index contributed by atoms with van der Waals surface area (Å²) in [6.45, 7) is 4.08. The van der Waals surface area contributed by atoms with Gasteiger partial charge in [-0.3, -0.25) is 9.69 Å². The molecule has 1 aromatic carbocycles. The van der Waals surface area contributed by atoms with Crippen molar-refractivity contribution in [1.82, 2.24) is 9.80 Å². The minimum Gasteiger partial charge on any atom is -0.493 e. The predicted molar refractivity (Wildman–Crippen MR) is 110 cm³/mol. The third-order valence-corrected chi connectivity index (χ3v) is 5.73. The fourth-order valence-electron chi connectivity index (χ4n) is 3.01. The minimum atomic E-state index is 0.0311. The molecule has 5 nitrogen and oxygen atoms in total. The Balaban J connectivity index is 1.52. The Labute approximate surface area is 168 Å². The molecule has 0 atom stereocenters. The zero-order chi connectivity index (χ0) is 19.2. The molecule has 0 unspecified atom stereocenters. The van der Waals surface area contributed by atoms with Crippen molar-refractivity contribution in [2.45, 2.75) is 6.54 Å². The number of rotatable bonds is 6. The zero-order valence-electron chi connectivity index (χ0n) is 15.5. The van der Waals surface area contributed by atoms with Crippen LogP contribution in [0.5, 0.6) is 11.5 Å². The van der Waals surface area contributed by atoms with Crippen LogP contribution in [-0.2, 0) is 11.3 Å². The summed E-state index contributed by atoms with van der Waals surface area (Å²) in [6.07, 6.45) is 3.43. The highest BCUT2D eigenvalue weighted by molar-refractivity contribution is 7.16. The van der Waals surface area contributed by atoms with Gasteiger partial charge in [-0.1, -0.05) is 17.7 Å². The number of ether oxygens (including phenoxy) is 2. The summed E-state index contributed by atoms with van der Waals surface area (Å²) in [4.78, 5) is 18.0. The maximum atomic E-state index is 12.5. The van der Waals surface area contributed by atoms with E-state index in [0.29, 0.717) is 11.5 Å². The highest BCUT2D eigenvalue weighted by Gasteiger charge is 2.20. The van der Waals surface area contributed by atoms with Gasteiger partial charge in [0.1, 0.15) is 0 Å². The summed E-state index contributed by atoms with van der Waals surface area (Å²) in [5, 5.41) is 0. The number of nitrogens with zero attached hydrogens (tertiary/aromatic N) is 2. The summed E-state index contributed by atoms with van der Waals surface area (Å²) in [5.74, 6) is 1.35. The van der Waals surface area contributed by atoms with Crippen LogP contribution in [-0.4, -0.2) is 56.1 Å². The maximum Gasteiger partial charge on any atom is 0.246 e. The summed E-state index contributed by atoms with van der Waals surface area (Å²) < 4.78 is 11.3. The highest BCUT2D eigenvalue weighted by atomic mass is 35.5. The van der Waals surface area contributed by atoms with Gasteiger partial charge in [-0.05, 0) is 35.9 Å². The number of halogens is 1. The summed E-state index contributed by atoms with van der Waals surface area (Å²) in [6, 6.07) is 9.58. The van der Waals surface area contributed by atoms with E-state index in [9.17, 15) is 4.79 Å². The second kappa shape index (κ2) is 9.26. The molecule has 1 aromatic heterocycles. The molecule has 27 heavy (non-hydrogen) atoms. The van der Waals surface area contributed by atoms with Gasteiger partial charge < -0.3 is 14.4 Å². The van der Waals surface area contributed by atoms with Gasteiger partial charge in [0.15, 0.2) is 11.5 Å². The van der Waals surface area contributed by atoms with Gasteiger partial charge in [-0.15, -0.1) is 11.3 Å². The van der Waals surface area contributed by atoms with E-state index in [1.165, 1.54) is 4.88 Å². The molecule has 2 aromatic rings. The normalized spacial score (nSPS) is 15.3. The summed E-state index contributed by atoms with van der Waals surface area (Å²) >= 11 is 7.60. The Hall–Kier alpha value is -2.02. The van der Waals surface area contributed by atoms with Gasteiger partial charge >= 0.3 is 0 Å². The van der Waals surface area contributed by atoms with E-state index in [-0.39, 0.29) is 5.91 Å². The van der Waals surface area contributed by atoms with E-state index in [1.54, 1.807) is 31.6 Å². The number of hydrogen-bond acceptors (Lipinski definition) is 5. The molecule has 0 spiro atoms. The molecule has 0 aliphatic carbocycles. The monoisotopic (exact) mass is 406 g/mol. The fraction of sp³-hybridized carbons (Fsp3) is 0.350. The molecule has 1 fully saturated rings. The highest BCUT2D eigenvalue weighted by Crippen LogP contribution is 2.28. The Morgan fingerprint density at radius 1 is 1.11 bits per heavy atom. The first kappa shape index (κ1) is 19.7. The van der Waals surface area contributed by atoms with Gasteiger partial charge in [-0.25, -0.2) is 0 Å². The SMILES string of the molecule is COc1ccc(/C=C/C(=O)N2CCN(Cc3ccc(Cl)s3)CC2)cc1OC. The van der Waals surface area contributed by atoms with Crippen molar-refractivity contribution in [2.75, 3.05) is 40.4 Å². The second-order valence-corrected chi connectivity index (χ2v) is 8.05. The topological polar surface area (TPSA) is 42.0 Å². The first-order valence-electron chi connectivity index (χ1n) is 8.74. The van der Waals surface area contributed by atoms with Gasteiger partial charge in [0, 0.05) is 43.7 Å². The number of benzene rings is 1. The third kappa shape index (κ3) is 5.25. The number of methoxy groups -OCH3 is 2. The molecule has 3 rings (SSSR count). The van der Waals surface area contributed by atoms with Crippen molar-refractivity contribution in [1.29, 1.82) is 0 Å². The molecule has 1 amide bonds. The number of thiophene rings is 1. The molecular formula is C20H23ClN2O3S. The van der Waals surface area contributed by atoms with Crippen molar-refractivity contribution in [2.24, 2.45) is 0 Å². The Morgan fingerprint density at radius 3 is 2.48 bits per heavy atom. The van der Waals surface area contributed by atoms with Crippen LogP contribution in [0.25, 0.3) is 6.08 Å². The number of piperazine rings is 1. The average molecular weight is 407 g/mol. The van der Waals surface area contributed by atoms with Crippen LogP contribution in [0.3, 0.4) is 0 Å². The molecule has 1 aliphatic rings. The fourth-order valence-corrected chi connectivity index (χ4v) is 4.14. The van der Waals surface area contributed by atoms with Crippen molar-refractivity contribution in [3.63, 3.8) is 0 Å². The van der Waals surface area contributed by atoms with Crippen LogP contribution in [0.4, 0.5) is 0 Å². The van der Waals surface area contributed by atoms with Crippen LogP contribution in [0.2, 0.25) is 4.34 Å². The molecule has 144 valence electrons. The van der Waals surface area contributed by atoms with Crippen LogP contribution in [0, 0.1) is 0 Å². The van der Waals surface area contributed by atoms with E-state index in [2.05, 4.69) is 11.0 Å². The first-order chi connectivity index (χ1) is 13.1. The minimum absolute atomic E-state index is 0.0311. The molecule has 0 N–H and O–H groups in total. The Morgan fingerprint density at radius 2 is 1.85 bits per heavy atom. The average Bonchev–Trinajstić information content (AvgIpc) is 3.11. The lowest BCUT2D eigenvalue weighted by molar-refractivity contribution is -0.127. The molecule has 0 bridgehead atoms. The Bertz CT molecular complexity index is 813. The van der Waals surface area contributed by atoms with Crippen LogP contribution < -0.4 is 9.47 Å². The van der Waals surface area contributed by atoms with Gasteiger partial charge in [0.2, 0.25) is 5.91 Å². The third-order valence-electron chi connectivity index (χ3n) is 4.52. The molecule has 2 heterocycles. The quantitative estimate of drug-likeness (QED) is 0.685. The Kier molecular flexibility index (Phi) is 6.77. The van der Waals surface area contributed by atoms with Gasteiger partial charge in [0.05, 0.1) is 18.6 Å². The standard InChI is InChI=1S/C20H23ClN2O3S/c1-25-17-6-3-15(13-18(17)26-2)4-8-20(24)23-11-9-22(10-12-23)14-16-5-7-19(21)27-16/h3-8,13H,9-12,14H2,1-2H3/b8-4+. The largest absolute Gasteiger partial charge is 0.493 e. The summed E-state index contributed by atoms with van der Waals surface area (Å²) in [5.41, 5.74) is 0.897. The van der Waals surface area contributed by atoms with Gasteiger partial charge in [0.25, 0.3) is 0 Å². The lowest BCUT2D eigenvalue weighted by Crippen LogP contribution is -2.47. The van der Waals surface area contributed by atoms with E-state index >= 15 is 0 Å². The van der Waals surface area contributed by atoms with E-state index in [0.717, 1.165) is 42.6 Å². The summed E-state index contributed by atoms with van der Waals surface area (Å²) in [7, 11) is 3.20. The van der Waals surface area contributed by atoms with Crippen LogP contribution >= 0.6 is 22.9 Å². The van der Waals surface area contributed by atoms with Gasteiger partial charge in [-0.2, -0.15) is 0 Å². The number of carbonyl (C=O) groups excluding carboxylic acids is 1. The number of hydrogen-bond donors (Lipinski definition) is 0. The molecule has 7 heteroatoms. The first-order valence-corrected chi connectivity index (χ1v) is 9.94. The number of amides is 1. The van der Waals surface area contributed by atoms with E-state index < -0.39 is 0 Å². The van der Waals surface area contributed by atoms with Crippen molar-refractivity contribution in [3.8, 4) is 11.5 Å². The lowest BCUT2D eigenvalue weighted by Gasteiger charge is -2.33. The zero-order valence-corrected chi connectivity index (χ0v) is 17.1.